The first-order valence-corrected chi connectivity index (χ1v) is 9.92. The average Bonchev–Trinajstić information content (AvgIpc) is 3.42. The van der Waals surface area contributed by atoms with Crippen molar-refractivity contribution < 1.29 is 9.50 Å². The Kier molecular flexibility index (Phi) is 4.66. The average molecular weight is 381 g/mol. The Morgan fingerprint density at radius 2 is 2.04 bits per heavy atom. The van der Waals surface area contributed by atoms with Crippen LogP contribution in [0.15, 0.2) is 42.7 Å². The molecule has 0 radical (unpaired) electrons. The zero-order chi connectivity index (χ0) is 19.9. The minimum Gasteiger partial charge on any atom is -0.388 e. The minimum absolute atomic E-state index is 0.228. The lowest BCUT2D eigenvalue weighted by molar-refractivity contribution is 0.00397. The van der Waals surface area contributed by atoms with Gasteiger partial charge in [-0.15, -0.1) is 0 Å². The topological polar surface area (TPSA) is 60.9 Å². The van der Waals surface area contributed by atoms with Gasteiger partial charge in [-0.2, -0.15) is 0 Å². The highest BCUT2D eigenvalue weighted by atomic mass is 19.1. The van der Waals surface area contributed by atoms with Gasteiger partial charge in [0.2, 0.25) is 0 Å². The second-order valence-corrected chi connectivity index (χ2v) is 8.90. The van der Waals surface area contributed by atoms with E-state index < -0.39 is 5.60 Å². The number of fused-ring (bicyclic) bond motifs is 1. The van der Waals surface area contributed by atoms with Gasteiger partial charge in [-0.05, 0) is 72.9 Å². The third-order valence-electron chi connectivity index (χ3n) is 6.02. The maximum atomic E-state index is 13.9. The Morgan fingerprint density at radius 3 is 2.75 bits per heavy atom. The van der Waals surface area contributed by atoms with Crippen LogP contribution in [0.5, 0.6) is 0 Å². The highest BCUT2D eigenvalue weighted by Crippen LogP contribution is 2.46. The summed E-state index contributed by atoms with van der Waals surface area (Å²) >= 11 is 0. The first-order valence-electron chi connectivity index (χ1n) is 9.92. The maximum absolute atomic E-state index is 13.9. The molecular weight excluding hydrogens is 353 g/mol. The Balaban J connectivity index is 1.54. The summed E-state index contributed by atoms with van der Waals surface area (Å²) in [6, 6.07) is 8.87. The second-order valence-electron chi connectivity index (χ2n) is 8.90. The molecule has 3 aromatic rings. The van der Waals surface area contributed by atoms with Crippen LogP contribution in [0.2, 0.25) is 0 Å². The number of nitrogens with one attached hydrogen (secondary N) is 2. The summed E-state index contributed by atoms with van der Waals surface area (Å²) in [5.74, 6) is 0.925. The molecule has 1 atom stereocenters. The number of hydrogen-bond acceptors (Lipinski definition) is 3. The van der Waals surface area contributed by atoms with E-state index in [0.29, 0.717) is 13.0 Å². The first kappa shape index (κ1) is 18.9. The number of halogens is 1. The zero-order valence-electron chi connectivity index (χ0n) is 16.7. The number of aliphatic hydroxyl groups is 1. The van der Waals surface area contributed by atoms with Gasteiger partial charge in [-0.25, -0.2) is 4.39 Å². The summed E-state index contributed by atoms with van der Waals surface area (Å²) in [5.41, 5.74) is 1.85. The van der Waals surface area contributed by atoms with Crippen molar-refractivity contribution in [1.82, 2.24) is 9.97 Å². The largest absolute Gasteiger partial charge is 0.388 e. The Labute approximate surface area is 165 Å². The molecule has 1 aliphatic rings. The molecule has 5 heteroatoms. The fourth-order valence-corrected chi connectivity index (χ4v) is 4.47. The van der Waals surface area contributed by atoms with Gasteiger partial charge in [0.1, 0.15) is 11.6 Å². The van der Waals surface area contributed by atoms with Crippen LogP contribution >= 0.6 is 0 Å². The molecule has 2 aromatic heterocycles. The number of aromatic amines is 1. The monoisotopic (exact) mass is 381 g/mol. The predicted octanol–water partition coefficient (Wildman–Crippen LogP) is 4.93. The number of hydrogen-bond donors (Lipinski definition) is 3. The lowest BCUT2D eigenvalue weighted by Gasteiger charge is -2.38. The fourth-order valence-electron chi connectivity index (χ4n) is 4.47. The second kappa shape index (κ2) is 6.89. The van der Waals surface area contributed by atoms with Crippen LogP contribution < -0.4 is 5.32 Å². The summed E-state index contributed by atoms with van der Waals surface area (Å²) in [4.78, 5) is 7.47. The van der Waals surface area contributed by atoms with E-state index in [1.165, 1.54) is 6.07 Å². The summed E-state index contributed by atoms with van der Waals surface area (Å²) < 4.78 is 13.9. The molecule has 148 valence electrons. The number of H-pyrrole nitrogens is 1. The molecule has 1 aliphatic carbocycles. The van der Waals surface area contributed by atoms with E-state index in [-0.39, 0.29) is 17.2 Å². The molecule has 4 rings (SSSR count). The number of nitrogens with zero attached hydrogens (tertiary/aromatic N) is 1. The molecule has 1 unspecified atom stereocenters. The van der Waals surface area contributed by atoms with Crippen LogP contribution in [-0.2, 0) is 5.41 Å². The van der Waals surface area contributed by atoms with E-state index in [2.05, 4.69) is 29.1 Å². The van der Waals surface area contributed by atoms with Crippen LogP contribution in [0.1, 0.15) is 44.2 Å². The van der Waals surface area contributed by atoms with Crippen molar-refractivity contribution in [2.45, 2.75) is 51.0 Å². The molecule has 1 saturated carbocycles. The number of aryl methyl sites for hydroxylation is 1. The van der Waals surface area contributed by atoms with Gasteiger partial charge in [-0.1, -0.05) is 19.9 Å². The minimum atomic E-state index is -0.849. The van der Waals surface area contributed by atoms with Crippen molar-refractivity contribution in [3.63, 3.8) is 0 Å². The van der Waals surface area contributed by atoms with Crippen LogP contribution in [0.3, 0.4) is 0 Å². The van der Waals surface area contributed by atoms with Crippen molar-refractivity contribution in [3.8, 4) is 0 Å². The smallest absolute Gasteiger partial charge is 0.123 e. The van der Waals surface area contributed by atoms with E-state index in [0.717, 1.165) is 40.7 Å². The van der Waals surface area contributed by atoms with Gasteiger partial charge in [0.15, 0.2) is 0 Å². The molecule has 0 amide bonds. The van der Waals surface area contributed by atoms with Gasteiger partial charge in [0.25, 0.3) is 0 Å². The lowest BCUT2D eigenvalue weighted by atomic mass is 9.72. The third-order valence-corrected chi connectivity index (χ3v) is 6.02. The van der Waals surface area contributed by atoms with Gasteiger partial charge in [-0.3, -0.25) is 4.98 Å². The molecular formula is C23H28FN3O. The van der Waals surface area contributed by atoms with E-state index in [4.69, 9.17) is 0 Å². The predicted molar refractivity (Wildman–Crippen MR) is 111 cm³/mol. The lowest BCUT2D eigenvalue weighted by Crippen LogP contribution is -2.44. The van der Waals surface area contributed by atoms with Gasteiger partial charge < -0.3 is 15.4 Å². The molecule has 3 N–H and O–H groups in total. The normalized spacial score (nSPS) is 16.9. The zero-order valence-corrected chi connectivity index (χ0v) is 16.7. The van der Waals surface area contributed by atoms with Crippen molar-refractivity contribution in [1.29, 1.82) is 0 Å². The highest BCUT2D eigenvalue weighted by molar-refractivity contribution is 5.82. The maximum Gasteiger partial charge on any atom is 0.123 e. The molecule has 2 heterocycles. The Morgan fingerprint density at radius 1 is 1.25 bits per heavy atom. The SMILES string of the molecule is Cc1ccc(F)cc1C(C)(C)CC(O)(CNc1cc2cnccc2[nH]1)C1CC1. The van der Waals surface area contributed by atoms with Crippen LogP contribution in [0, 0.1) is 18.7 Å². The standard InChI is InChI=1S/C23H28FN3O/c1-15-4-7-18(24)11-19(15)22(2,3)13-23(28,17-5-6-17)14-26-21-10-16-12-25-9-8-20(16)27-21/h4,7-12,17,26-28H,5-6,13-14H2,1-3H3. The van der Waals surface area contributed by atoms with E-state index in [1.807, 2.05) is 31.3 Å². The molecule has 28 heavy (non-hydrogen) atoms. The number of anilines is 1. The van der Waals surface area contributed by atoms with Crippen LogP contribution in [-0.4, -0.2) is 27.2 Å². The summed E-state index contributed by atoms with van der Waals surface area (Å²) in [5, 5.41) is 16.0. The molecule has 4 nitrogen and oxygen atoms in total. The summed E-state index contributed by atoms with van der Waals surface area (Å²) in [6.45, 7) is 6.65. The van der Waals surface area contributed by atoms with E-state index in [1.54, 1.807) is 12.3 Å². The highest BCUT2D eigenvalue weighted by Gasteiger charge is 2.47. The Bertz CT molecular complexity index is 959. The van der Waals surface area contributed by atoms with Gasteiger partial charge in [0, 0.05) is 24.3 Å². The summed E-state index contributed by atoms with van der Waals surface area (Å²) in [7, 11) is 0. The first-order chi connectivity index (χ1) is 13.3. The van der Waals surface area contributed by atoms with Crippen molar-refractivity contribution in [2.75, 3.05) is 11.9 Å². The Hall–Kier alpha value is -2.40. The third kappa shape index (κ3) is 3.76. The van der Waals surface area contributed by atoms with Crippen molar-refractivity contribution in [3.05, 3.63) is 59.7 Å². The number of pyridine rings is 1. The number of benzene rings is 1. The number of rotatable bonds is 7. The fraction of sp³-hybridized carbons (Fsp3) is 0.435. The molecule has 1 fully saturated rings. The van der Waals surface area contributed by atoms with Crippen LogP contribution in [0.25, 0.3) is 10.9 Å². The molecule has 0 aliphatic heterocycles. The van der Waals surface area contributed by atoms with Crippen molar-refractivity contribution >= 4 is 16.7 Å². The summed E-state index contributed by atoms with van der Waals surface area (Å²) in [6.07, 6.45) is 6.22. The van der Waals surface area contributed by atoms with E-state index in [9.17, 15) is 9.50 Å². The quantitative estimate of drug-likeness (QED) is 0.544. The van der Waals surface area contributed by atoms with Gasteiger partial charge >= 0.3 is 0 Å². The molecule has 0 bridgehead atoms. The number of aromatic nitrogens is 2. The van der Waals surface area contributed by atoms with Crippen molar-refractivity contribution in [2.24, 2.45) is 5.92 Å². The van der Waals surface area contributed by atoms with Crippen LogP contribution in [0.4, 0.5) is 10.2 Å². The molecule has 0 spiro atoms. The van der Waals surface area contributed by atoms with Gasteiger partial charge in [0.05, 0.1) is 11.1 Å². The van der Waals surface area contributed by atoms with E-state index >= 15 is 0 Å². The molecule has 0 saturated heterocycles. The molecule has 1 aromatic carbocycles.